The average molecular weight is 248 g/mol. The van der Waals surface area contributed by atoms with E-state index in [1.54, 1.807) is 6.92 Å². The van der Waals surface area contributed by atoms with Gasteiger partial charge in [0.1, 0.15) is 5.75 Å². The monoisotopic (exact) mass is 248 g/mol. The number of aryl methyl sites for hydroxylation is 2. The number of ether oxygens (including phenoxy) is 1. The van der Waals surface area contributed by atoms with Gasteiger partial charge < -0.3 is 9.84 Å². The minimum Gasteiger partial charge on any atom is -0.493 e. The molecule has 1 heterocycles. The number of carboxylic acid groups (broad SMARTS) is 1. The minimum absolute atomic E-state index is 0.0543. The Bertz CT molecular complexity index is 465. The highest BCUT2D eigenvalue weighted by molar-refractivity contribution is 5.71. The van der Waals surface area contributed by atoms with Crippen molar-refractivity contribution in [2.75, 3.05) is 6.61 Å². The Hall–Kier alpha value is -1.51. The molecule has 98 valence electrons. The molecule has 0 aromatic heterocycles. The summed E-state index contributed by atoms with van der Waals surface area (Å²) in [5, 5.41) is 9.25. The molecule has 1 aromatic rings. The highest BCUT2D eigenvalue weighted by Gasteiger charge is 2.29. The van der Waals surface area contributed by atoms with Crippen molar-refractivity contribution < 1.29 is 14.6 Å². The minimum atomic E-state index is -0.730. The third-order valence-corrected chi connectivity index (χ3v) is 3.75. The Kier molecular flexibility index (Phi) is 3.60. The van der Waals surface area contributed by atoms with E-state index in [0.29, 0.717) is 6.61 Å². The molecule has 0 fully saturated rings. The fourth-order valence-corrected chi connectivity index (χ4v) is 2.78. The molecular formula is C15H20O3. The first-order chi connectivity index (χ1) is 8.50. The molecule has 1 N–H and O–H groups in total. The third-order valence-electron chi connectivity index (χ3n) is 3.75. The Labute approximate surface area is 108 Å². The van der Waals surface area contributed by atoms with Crippen LogP contribution in [0.5, 0.6) is 5.75 Å². The summed E-state index contributed by atoms with van der Waals surface area (Å²) in [5.74, 6) is -0.145. The zero-order chi connectivity index (χ0) is 13.3. The van der Waals surface area contributed by atoms with Crippen LogP contribution in [0.3, 0.4) is 0 Å². The van der Waals surface area contributed by atoms with Gasteiger partial charge >= 0.3 is 5.97 Å². The molecule has 0 spiro atoms. The van der Waals surface area contributed by atoms with Gasteiger partial charge in [-0.2, -0.15) is 0 Å². The Balaban J connectivity index is 2.50. The summed E-state index contributed by atoms with van der Waals surface area (Å²) in [6, 6.07) is 4.17. The highest BCUT2D eigenvalue weighted by atomic mass is 16.5. The number of carbonyl (C=O) groups is 1. The van der Waals surface area contributed by atoms with Gasteiger partial charge in [-0.3, -0.25) is 4.79 Å². The van der Waals surface area contributed by atoms with Crippen LogP contribution >= 0.6 is 0 Å². The van der Waals surface area contributed by atoms with E-state index in [-0.39, 0.29) is 11.8 Å². The van der Waals surface area contributed by atoms with Crippen molar-refractivity contribution in [3.8, 4) is 5.75 Å². The standard InChI is InChI=1S/C15H20O3/c1-9-7-10(2)14-13(8-9)12(5-4-6-18-14)11(3)15(16)17/h7-8,11-12H,4-6H2,1-3H3,(H,16,17). The van der Waals surface area contributed by atoms with Gasteiger partial charge in [0.2, 0.25) is 0 Å². The van der Waals surface area contributed by atoms with E-state index in [1.165, 1.54) is 5.56 Å². The number of hydrogen-bond acceptors (Lipinski definition) is 2. The zero-order valence-corrected chi connectivity index (χ0v) is 11.2. The van der Waals surface area contributed by atoms with Crippen LogP contribution in [0.15, 0.2) is 12.1 Å². The molecule has 2 unspecified atom stereocenters. The molecule has 0 bridgehead atoms. The maximum atomic E-state index is 11.2. The highest BCUT2D eigenvalue weighted by Crippen LogP contribution is 2.40. The van der Waals surface area contributed by atoms with Crippen molar-refractivity contribution >= 4 is 5.97 Å². The predicted molar refractivity (Wildman–Crippen MR) is 70.2 cm³/mol. The maximum absolute atomic E-state index is 11.2. The lowest BCUT2D eigenvalue weighted by Gasteiger charge is -2.22. The first-order valence-corrected chi connectivity index (χ1v) is 6.47. The van der Waals surface area contributed by atoms with Gasteiger partial charge in [-0.05, 0) is 37.8 Å². The molecule has 0 radical (unpaired) electrons. The Morgan fingerprint density at radius 3 is 2.83 bits per heavy atom. The molecule has 1 aliphatic heterocycles. The fraction of sp³-hybridized carbons (Fsp3) is 0.533. The largest absolute Gasteiger partial charge is 0.493 e. The van der Waals surface area contributed by atoms with E-state index < -0.39 is 5.97 Å². The van der Waals surface area contributed by atoms with E-state index in [1.807, 2.05) is 13.8 Å². The molecular weight excluding hydrogens is 228 g/mol. The second-order valence-electron chi connectivity index (χ2n) is 5.22. The van der Waals surface area contributed by atoms with Crippen molar-refractivity contribution in [2.24, 2.45) is 5.92 Å². The fourth-order valence-electron chi connectivity index (χ4n) is 2.78. The topological polar surface area (TPSA) is 46.5 Å². The molecule has 3 nitrogen and oxygen atoms in total. The smallest absolute Gasteiger partial charge is 0.306 e. The van der Waals surface area contributed by atoms with E-state index in [2.05, 4.69) is 12.1 Å². The predicted octanol–water partition coefficient (Wildman–Crippen LogP) is 3.28. The summed E-state index contributed by atoms with van der Waals surface area (Å²) in [6.45, 7) is 6.54. The zero-order valence-electron chi connectivity index (χ0n) is 11.2. The van der Waals surface area contributed by atoms with E-state index >= 15 is 0 Å². The number of fused-ring (bicyclic) bond motifs is 1. The molecule has 2 atom stereocenters. The molecule has 1 aliphatic rings. The van der Waals surface area contributed by atoms with Crippen LogP contribution in [0.4, 0.5) is 0 Å². The number of rotatable bonds is 2. The Morgan fingerprint density at radius 1 is 1.44 bits per heavy atom. The summed E-state index contributed by atoms with van der Waals surface area (Å²) in [4.78, 5) is 11.2. The second-order valence-corrected chi connectivity index (χ2v) is 5.22. The molecule has 3 heteroatoms. The van der Waals surface area contributed by atoms with Crippen molar-refractivity contribution in [2.45, 2.75) is 39.5 Å². The first kappa shape index (κ1) is 12.9. The lowest BCUT2D eigenvalue weighted by Crippen LogP contribution is -2.19. The first-order valence-electron chi connectivity index (χ1n) is 6.47. The van der Waals surface area contributed by atoms with Gasteiger partial charge in [0.15, 0.2) is 0 Å². The normalized spacial score (nSPS) is 20.5. The van der Waals surface area contributed by atoms with Gasteiger partial charge in [0.25, 0.3) is 0 Å². The van der Waals surface area contributed by atoms with Crippen molar-refractivity contribution in [3.63, 3.8) is 0 Å². The van der Waals surface area contributed by atoms with Gasteiger partial charge in [-0.1, -0.05) is 24.6 Å². The van der Waals surface area contributed by atoms with Crippen LogP contribution in [-0.4, -0.2) is 17.7 Å². The molecule has 0 amide bonds. The molecule has 0 saturated heterocycles. The molecule has 2 rings (SSSR count). The molecule has 0 aliphatic carbocycles. The van der Waals surface area contributed by atoms with Crippen molar-refractivity contribution in [1.29, 1.82) is 0 Å². The SMILES string of the molecule is Cc1cc(C)c2c(c1)C(C(C)C(=O)O)CCCO2. The van der Waals surface area contributed by atoms with Crippen LogP contribution in [0.1, 0.15) is 42.4 Å². The van der Waals surface area contributed by atoms with Gasteiger partial charge in [-0.15, -0.1) is 0 Å². The van der Waals surface area contributed by atoms with Crippen LogP contribution in [0, 0.1) is 19.8 Å². The van der Waals surface area contributed by atoms with Gasteiger partial charge in [0, 0.05) is 5.92 Å². The van der Waals surface area contributed by atoms with Crippen LogP contribution in [0.2, 0.25) is 0 Å². The van der Waals surface area contributed by atoms with E-state index in [0.717, 1.165) is 29.7 Å². The number of benzene rings is 1. The van der Waals surface area contributed by atoms with Gasteiger partial charge in [0.05, 0.1) is 12.5 Å². The summed E-state index contributed by atoms with van der Waals surface area (Å²) >= 11 is 0. The average Bonchev–Trinajstić information content (AvgIpc) is 2.50. The van der Waals surface area contributed by atoms with Crippen molar-refractivity contribution in [1.82, 2.24) is 0 Å². The number of carboxylic acids is 1. The molecule has 18 heavy (non-hydrogen) atoms. The molecule has 0 saturated carbocycles. The van der Waals surface area contributed by atoms with Crippen LogP contribution in [-0.2, 0) is 4.79 Å². The summed E-state index contributed by atoms with van der Waals surface area (Å²) < 4.78 is 5.80. The van der Waals surface area contributed by atoms with Crippen molar-refractivity contribution in [3.05, 3.63) is 28.8 Å². The Morgan fingerprint density at radius 2 is 2.17 bits per heavy atom. The second kappa shape index (κ2) is 5.01. The summed E-state index contributed by atoms with van der Waals surface area (Å²) in [7, 11) is 0. The van der Waals surface area contributed by atoms with Crippen LogP contribution in [0.25, 0.3) is 0 Å². The van der Waals surface area contributed by atoms with Crippen LogP contribution < -0.4 is 4.74 Å². The van der Waals surface area contributed by atoms with E-state index in [9.17, 15) is 9.90 Å². The van der Waals surface area contributed by atoms with E-state index in [4.69, 9.17) is 4.74 Å². The quantitative estimate of drug-likeness (QED) is 0.873. The summed E-state index contributed by atoms with van der Waals surface area (Å²) in [5.41, 5.74) is 3.34. The van der Waals surface area contributed by atoms with Gasteiger partial charge in [-0.25, -0.2) is 0 Å². The lowest BCUT2D eigenvalue weighted by atomic mass is 9.82. The maximum Gasteiger partial charge on any atom is 0.306 e. The summed E-state index contributed by atoms with van der Waals surface area (Å²) in [6.07, 6.45) is 1.79. The number of hydrogen-bond donors (Lipinski definition) is 1. The number of aliphatic carboxylic acids is 1. The third kappa shape index (κ3) is 2.35. The lowest BCUT2D eigenvalue weighted by molar-refractivity contribution is -0.141. The molecule has 1 aromatic carbocycles.